The second-order valence-electron chi connectivity index (χ2n) is 5.93. The molecule has 6 heteroatoms. The van der Waals surface area contributed by atoms with E-state index >= 15 is 0 Å². The fourth-order valence-electron chi connectivity index (χ4n) is 2.68. The lowest BCUT2D eigenvalue weighted by molar-refractivity contribution is 0.0935. The van der Waals surface area contributed by atoms with Crippen molar-refractivity contribution in [3.8, 4) is 17.2 Å². The maximum atomic E-state index is 12.6. The molecule has 1 amide bonds. The van der Waals surface area contributed by atoms with Crippen LogP contribution in [0, 0.1) is 6.92 Å². The number of hydrogen-bond donors (Lipinski definition) is 1. The number of amides is 1. The van der Waals surface area contributed by atoms with Crippen molar-refractivity contribution in [2.24, 2.45) is 0 Å². The Kier molecular flexibility index (Phi) is 5.31. The second kappa shape index (κ2) is 7.82. The van der Waals surface area contributed by atoms with E-state index in [0.29, 0.717) is 17.3 Å². The van der Waals surface area contributed by atoms with Gasteiger partial charge in [-0.3, -0.25) is 4.79 Å². The Morgan fingerprint density at radius 3 is 2.38 bits per heavy atom. The van der Waals surface area contributed by atoms with Gasteiger partial charge in [-0.25, -0.2) is 0 Å². The lowest BCUT2D eigenvalue weighted by Crippen LogP contribution is -2.28. The van der Waals surface area contributed by atoms with Gasteiger partial charge in [0.1, 0.15) is 5.75 Å². The molecule has 2 aromatic carbocycles. The first-order valence-electron chi connectivity index (χ1n) is 8.46. The third-order valence-corrected chi connectivity index (χ3v) is 4.15. The number of hydrogen-bond acceptors (Lipinski definition) is 5. The Hall–Kier alpha value is -3.15. The van der Waals surface area contributed by atoms with Crippen molar-refractivity contribution in [3.05, 3.63) is 65.5 Å². The van der Waals surface area contributed by atoms with Crippen LogP contribution in [0.4, 0.5) is 0 Å². The molecule has 0 aliphatic heterocycles. The molecule has 0 aliphatic rings. The Morgan fingerprint density at radius 1 is 1.15 bits per heavy atom. The smallest absolute Gasteiger partial charge is 0.257 e. The van der Waals surface area contributed by atoms with E-state index in [2.05, 4.69) is 15.5 Å². The number of carbonyl (C=O) groups is 1. The molecule has 0 aliphatic carbocycles. The summed E-state index contributed by atoms with van der Waals surface area (Å²) in [6.07, 6.45) is 0.789. The summed E-state index contributed by atoms with van der Waals surface area (Å²) >= 11 is 0. The summed E-state index contributed by atoms with van der Waals surface area (Å²) in [5.74, 6) is 1.69. The third-order valence-electron chi connectivity index (χ3n) is 4.15. The summed E-state index contributed by atoms with van der Waals surface area (Å²) in [4.78, 5) is 16.8. The monoisotopic (exact) mass is 351 g/mol. The van der Waals surface area contributed by atoms with E-state index in [9.17, 15) is 4.79 Å². The number of benzene rings is 2. The number of methoxy groups -OCH3 is 1. The van der Waals surface area contributed by atoms with Gasteiger partial charge in [0.25, 0.3) is 11.8 Å². The Bertz CT molecular complexity index is 870. The molecule has 1 heterocycles. The zero-order valence-electron chi connectivity index (χ0n) is 15.0. The highest BCUT2D eigenvalue weighted by atomic mass is 16.5. The first-order chi connectivity index (χ1) is 12.6. The van der Waals surface area contributed by atoms with Gasteiger partial charge in [-0.1, -0.05) is 24.2 Å². The van der Waals surface area contributed by atoms with Crippen molar-refractivity contribution in [2.75, 3.05) is 7.11 Å². The number of nitrogens with zero attached hydrogens (tertiary/aromatic N) is 2. The maximum Gasteiger partial charge on any atom is 0.257 e. The topological polar surface area (TPSA) is 77.3 Å². The van der Waals surface area contributed by atoms with Crippen molar-refractivity contribution in [1.29, 1.82) is 0 Å². The van der Waals surface area contributed by atoms with Crippen LogP contribution in [0.1, 0.15) is 41.1 Å². The summed E-state index contributed by atoms with van der Waals surface area (Å²) in [5.41, 5.74) is 2.40. The van der Waals surface area contributed by atoms with Crippen LogP contribution in [0.15, 0.2) is 53.1 Å². The van der Waals surface area contributed by atoms with Crippen LogP contribution >= 0.6 is 0 Å². The molecule has 1 unspecified atom stereocenters. The molecule has 3 rings (SSSR count). The molecule has 0 spiro atoms. The summed E-state index contributed by atoms with van der Waals surface area (Å²) < 4.78 is 10.3. The summed E-state index contributed by atoms with van der Waals surface area (Å²) in [7, 11) is 1.63. The summed E-state index contributed by atoms with van der Waals surface area (Å²) in [6.45, 7) is 3.80. The normalized spacial score (nSPS) is 11.8. The van der Waals surface area contributed by atoms with Gasteiger partial charge >= 0.3 is 0 Å². The SMILES string of the molecule is CCC(NC(=O)c1ccc(-c2nc(C)no2)cc1)c1ccc(OC)cc1. The van der Waals surface area contributed by atoms with E-state index in [1.165, 1.54) is 0 Å². The molecule has 1 N–H and O–H groups in total. The van der Waals surface area contributed by atoms with Crippen molar-refractivity contribution < 1.29 is 14.1 Å². The summed E-state index contributed by atoms with van der Waals surface area (Å²) in [6, 6.07) is 14.8. The van der Waals surface area contributed by atoms with E-state index in [1.54, 1.807) is 38.3 Å². The number of aryl methyl sites for hydroxylation is 1. The predicted molar refractivity (Wildman–Crippen MR) is 98.0 cm³/mol. The zero-order chi connectivity index (χ0) is 18.5. The van der Waals surface area contributed by atoms with Gasteiger partial charge in [-0.15, -0.1) is 0 Å². The predicted octanol–water partition coefficient (Wildman–Crippen LogP) is 3.93. The molecule has 0 saturated carbocycles. The van der Waals surface area contributed by atoms with Crippen LogP contribution in [0.2, 0.25) is 0 Å². The molecule has 134 valence electrons. The fraction of sp³-hybridized carbons (Fsp3) is 0.250. The first kappa shape index (κ1) is 17.7. The fourth-order valence-corrected chi connectivity index (χ4v) is 2.68. The molecule has 0 fully saturated rings. The molecule has 1 atom stereocenters. The molecule has 3 aromatic rings. The molecule has 6 nitrogen and oxygen atoms in total. The van der Waals surface area contributed by atoms with Crippen molar-refractivity contribution in [2.45, 2.75) is 26.3 Å². The van der Waals surface area contributed by atoms with Crippen LogP contribution < -0.4 is 10.1 Å². The van der Waals surface area contributed by atoms with E-state index in [-0.39, 0.29) is 11.9 Å². The Morgan fingerprint density at radius 2 is 1.85 bits per heavy atom. The number of nitrogens with one attached hydrogen (secondary N) is 1. The molecule has 1 aromatic heterocycles. The van der Waals surface area contributed by atoms with Gasteiger partial charge in [0, 0.05) is 11.1 Å². The lowest BCUT2D eigenvalue weighted by Gasteiger charge is -2.18. The van der Waals surface area contributed by atoms with Crippen molar-refractivity contribution >= 4 is 5.91 Å². The largest absolute Gasteiger partial charge is 0.497 e. The minimum absolute atomic E-state index is 0.0633. The van der Waals surface area contributed by atoms with Gasteiger partial charge in [0.15, 0.2) is 5.82 Å². The molecule has 26 heavy (non-hydrogen) atoms. The van der Waals surface area contributed by atoms with Gasteiger partial charge in [-0.2, -0.15) is 4.98 Å². The van der Waals surface area contributed by atoms with E-state index in [4.69, 9.17) is 9.26 Å². The van der Waals surface area contributed by atoms with Gasteiger partial charge in [0.05, 0.1) is 13.2 Å². The highest BCUT2D eigenvalue weighted by molar-refractivity contribution is 5.94. The van der Waals surface area contributed by atoms with Crippen molar-refractivity contribution in [3.63, 3.8) is 0 Å². The Balaban J connectivity index is 1.71. The molecule has 0 saturated heterocycles. The van der Waals surface area contributed by atoms with Crippen LogP contribution in [0.25, 0.3) is 11.5 Å². The highest BCUT2D eigenvalue weighted by Gasteiger charge is 2.15. The number of rotatable bonds is 6. The minimum atomic E-state index is -0.124. The first-order valence-corrected chi connectivity index (χ1v) is 8.46. The number of aromatic nitrogens is 2. The zero-order valence-corrected chi connectivity index (χ0v) is 15.0. The average Bonchev–Trinajstić information content (AvgIpc) is 3.12. The molecular weight excluding hydrogens is 330 g/mol. The molecular formula is C20H21N3O3. The molecule has 0 bridgehead atoms. The quantitative estimate of drug-likeness (QED) is 0.728. The van der Waals surface area contributed by atoms with Crippen LogP contribution in [0.5, 0.6) is 5.75 Å². The Labute approximate surface area is 152 Å². The number of ether oxygens (including phenoxy) is 1. The van der Waals surface area contributed by atoms with E-state index in [1.807, 2.05) is 31.2 Å². The van der Waals surface area contributed by atoms with Crippen molar-refractivity contribution in [1.82, 2.24) is 15.5 Å². The van der Waals surface area contributed by atoms with Gasteiger partial charge in [0.2, 0.25) is 0 Å². The molecule has 0 radical (unpaired) electrons. The minimum Gasteiger partial charge on any atom is -0.497 e. The van der Waals surface area contributed by atoms with Gasteiger partial charge in [-0.05, 0) is 55.3 Å². The third kappa shape index (κ3) is 3.91. The van der Waals surface area contributed by atoms with Crippen LogP contribution in [0.3, 0.4) is 0 Å². The van der Waals surface area contributed by atoms with Crippen LogP contribution in [-0.2, 0) is 0 Å². The summed E-state index contributed by atoms with van der Waals surface area (Å²) in [5, 5.41) is 6.84. The second-order valence-corrected chi connectivity index (χ2v) is 5.93. The highest BCUT2D eigenvalue weighted by Crippen LogP contribution is 2.21. The van der Waals surface area contributed by atoms with Gasteiger partial charge < -0.3 is 14.6 Å². The lowest BCUT2D eigenvalue weighted by atomic mass is 10.0. The van der Waals surface area contributed by atoms with E-state index < -0.39 is 0 Å². The van der Waals surface area contributed by atoms with E-state index in [0.717, 1.165) is 23.3 Å². The number of carbonyl (C=O) groups excluding carboxylic acids is 1. The maximum absolute atomic E-state index is 12.6. The average molecular weight is 351 g/mol. The standard InChI is InChI=1S/C20H21N3O3/c1-4-18(14-9-11-17(25-3)12-10-14)22-19(24)15-5-7-16(8-6-15)20-21-13(2)23-26-20/h5-12,18H,4H2,1-3H3,(H,22,24). The van der Waals surface area contributed by atoms with Crippen LogP contribution in [-0.4, -0.2) is 23.2 Å².